The molecular formula is C45H47FO5. The lowest BCUT2D eigenvalue weighted by Crippen LogP contribution is -2.53. The van der Waals surface area contributed by atoms with E-state index in [0.717, 1.165) is 64.0 Å². The summed E-state index contributed by atoms with van der Waals surface area (Å²) in [6, 6.07) is 40.5. The normalized spacial score (nSPS) is 21.4. The summed E-state index contributed by atoms with van der Waals surface area (Å²) >= 11 is 0. The third-order valence-corrected chi connectivity index (χ3v) is 10.3. The van der Waals surface area contributed by atoms with Gasteiger partial charge < -0.3 is 23.7 Å². The highest BCUT2D eigenvalue weighted by Gasteiger charge is 2.47. The van der Waals surface area contributed by atoms with E-state index in [1.165, 1.54) is 0 Å². The second kappa shape index (κ2) is 16.8. The first-order valence-electron chi connectivity index (χ1n) is 18.1. The van der Waals surface area contributed by atoms with Crippen molar-refractivity contribution in [3.05, 3.63) is 172 Å². The Morgan fingerprint density at radius 3 is 1.84 bits per heavy atom. The third-order valence-electron chi connectivity index (χ3n) is 10.3. The van der Waals surface area contributed by atoms with Gasteiger partial charge in [-0.15, -0.1) is 0 Å². The van der Waals surface area contributed by atoms with Crippen LogP contribution in [0.2, 0.25) is 0 Å². The van der Waals surface area contributed by atoms with E-state index in [0.29, 0.717) is 38.4 Å². The molecule has 5 nitrogen and oxygen atoms in total. The number of hydrogen-bond donors (Lipinski definition) is 0. The van der Waals surface area contributed by atoms with Crippen molar-refractivity contribution in [1.82, 2.24) is 0 Å². The van der Waals surface area contributed by atoms with Crippen LogP contribution in [0.15, 0.2) is 121 Å². The Hall–Kier alpha value is -4.33. The largest absolute Gasteiger partial charge is 0.497 e. The molecule has 2 aliphatic rings. The van der Waals surface area contributed by atoms with Crippen LogP contribution in [0, 0.1) is 11.7 Å². The minimum Gasteiger partial charge on any atom is -0.497 e. The van der Waals surface area contributed by atoms with Crippen molar-refractivity contribution in [2.24, 2.45) is 5.92 Å². The van der Waals surface area contributed by atoms with Gasteiger partial charge in [0.15, 0.2) is 0 Å². The predicted octanol–water partition coefficient (Wildman–Crippen LogP) is 9.38. The molecule has 0 aromatic heterocycles. The molecule has 5 aromatic rings. The molecule has 0 N–H and O–H groups in total. The Morgan fingerprint density at radius 1 is 0.667 bits per heavy atom. The van der Waals surface area contributed by atoms with Gasteiger partial charge in [0.2, 0.25) is 0 Å². The minimum absolute atomic E-state index is 0.0614. The fourth-order valence-electron chi connectivity index (χ4n) is 7.61. The highest BCUT2D eigenvalue weighted by atomic mass is 19.1. The van der Waals surface area contributed by atoms with Crippen LogP contribution in [0.5, 0.6) is 5.75 Å². The average molecular weight is 687 g/mol. The number of benzene rings is 5. The second-order valence-electron chi connectivity index (χ2n) is 13.8. The zero-order valence-electron chi connectivity index (χ0n) is 29.5. The number of ether oxygens (including phenoxy) is 5. The molecule has 264 valence electrons. The summed E-state index contributed by atoms with van der Waals surface area (Å²) in [4.78, 5) is 0. The van der Waals surface area contributed by atoms with Crippen LogP contribution in [-0.4, -0.2) is 32.0 Å². The van der Waals surface area contributed by atoms with E-state index in [2.05, 4.69) is 43.3 Å². The lowest BCUT2D eigenvalue weighted by Gasteiger charge is -2.46. The molecule has 1 heterocycles. The first-order chi connectivity index (χ1) is 25.1. The molecule has 51 heavy (non-hydrogen) atoms. The maximum Gasteiger partial charge on any atom is 0.130 e. The SMILES string of the molecule is COc1ccc(Cc2cc(C3O[C@H](COCc4ccccc4)[C@@H](OCc4ccccc4)[C@H](C)[C@H]3OCc3ccccc3)c3c(c2F)CCC3)cc1. The summed E-state index contributed by atoms with van der Waals surface area (Å²) in [7, 11) is 1.65. The van der Waals surface area contributed by atoms with Gasteiger partial charge in [-0.2, -0.15) is 0 Å². The Kier molecular flexibility index (Phi) is 11.6. The lowest BCUT2D eigenvalue weighted by atomic mass is 9.82. The molecule has 1 saturated heterocycles. The molecule has 5 atom stereocenters. The van der Waals surface area contributed by atoms with Crippen LogP contribution in [-0.2, 0) is 58.0 Å². The maximum atomic E-state index is 16.3. The van der Waals surface area contributed by atoms with Gasteiger partial charge in [0.1, 0.15) is 23.8 Å². The Balaban J connectivity index is 1.24. The summed E-state index contributed by atoms with van der Waals surface area (Å²) in [6.07, 6.45) is 1.46. The van der Waals surface area contributed by atoms with Crippen LogP contribution in [0.3, 0.4) is 0 Å². The van der Waals surface area contributed by atoms with Crippen molar-refractivity contribution in [2.75, 3.05) is 13.7 Å². The van der Waals surface area contributed by atoms with Crippen molar-refractivity contribution in [3.63, 3.8) is 0 Å². The van der Waals surface area contributed by atoms with Crippen molar-refractivity contribution in [2.45, 2.75) is 76.8 Å². The summed E-state index contributed by atoms with van der Waals surface area (Å²) < 4.78 is 48.8. The van der Waals surface area contributed by atoms with E-state index >= 15 is 4.39 Å². The third kappa shape index (κ3) is 8.43. The highest BCUT2D eigenvalue weighted by Crippen LogP contribution is 2.44. The molecule has 0 radical (unpaired) electrons. The number of methoxy groups -OCH3 is 1. The maximum absolute atomic E-state index is 16.3. The monoisotopic (exact) mass is 686 g/mol. The van der Waals surface area contributed by atoms with Gasteiger partial charge in [-0.05, 0) is 82.0 Å². The molecule has 1 unspecified atom stereocenters. The first kappa shape index (κ1) is 35.1. The number of hydrogen-bond acceptors (Lipinski definition) is 5. The number of fused-ring (bicyclic) bond motifs is 1. The number of rotatable bonds is 14. The fraction of sp³-hybridized carbons (Fsp3) is 0.333. The molecule has 0 saturated carbocycles. The first-order valence-corrected chi connectivity index (χ1v) is 18.1. The molecule has 7 rings (SSSR count). The standard InChI is InChI=1S/C45H47FO5/c1-31-43(49-28-34-15-8-4-9-16-34)41(30-48-27-33-13-6-3-7-14-33)51-45(44(31)50-29-35-17-10-5-11-18-35)40-26-36(42(46)39-20-12-19-38(39)40)25-32-21-23-37(47-2)24-22-32/h3-11,13-18,21-24,26,31,41,43-45H,12,19-20,25,27-30H2,1-2H3/t31-,41+,43-,44+,45?/m0/s1. The smallest absolute Gasteiger partial charge is 0.130 e. The van der Waals surface area contributed by atoms with Crippen LogP contribution in [0.1, 0.15) is 64.0 Å². The Bertz CT molecular complexity index is 1830. The second-order valence-corrected chi connectivity index (χ2v) is 13.8. The molecular weight excluding hydrogens is 639 g/mol. The summed E-state index contributed by atoms with van der Waals surface area (Å²) in [5.41, 5.74) is 7.87. The van der Waals surface area contributed by atoms with Crippen molar-refractivity contribution in [1.29, 1.82) is 0 Å². The van der Waals surface area contributed by atoms with Crippen LogP contribution in [0.25, 0.3) is 0 Å². The average Bonchev–Trinajstić information content (AvgIpc) is 3.68. The molecule has 1 fully saturated rings. The molecule has 1 aliphatic heterocycles. The van der Waals surface area contributed by atoms with E-state index in [4.69, 9.17) is 23.7 Å². The fourth-order valence-corrected chi connectivity index (χ4v) is 7.61. The van der Waals surface area contributed by atoms with Gasteiger partial charge in [-0.1, -0.05) is 110 Å². The Labute approximate surface area is 301 Å². The van der Waals surface area contributed by atoms with Gasteiger partial charge in [0, 0.05) is 12.3 Å². The van der Waals surface area contributed by atoms with Gasteiger partial charge >= 0.3 is 0 Å². The molecule has 5 aromatic carbocycles. The van der Waals surface area contributed by atoms with Gasteiger partial charge in [-0.3, -0.25) is 0 Å². The predicted molar refractivity (Wildman–Crippen MR) is 197 cm³/mol. The zero-order chi connectivity index (χ0) is 35.0. The quantitative estimate of drug-likeness (QED) is 0.117. The van der Waals surface area contributed by atoms with Crippen molar-refractivity contribution in [3.8, 4) is 5.75 Å². The van der Waals surface area contributed by atoms with E-state index in [1.807, 2.05) is 84.9 Å². The van der Waals surface area contributed by atoms with Gasteiger partial charge in [0.25, 0.3) is 0 Å². The van der Waals surface area contributed by atoms with E-state index in [-0.39, 0.29) is 30.0 Å². The van der Waals surface area contributed by atoms with Crippen molar-refractivity contribution >= 4 is 0 Å². The van der Waals surface area contributed by atoms with E-state index in [9.17, 15) is 0 Å². The van der Waals surface area contributed by atoms with Crippen molar-refractivity contribution < 1.29 is 28.1 Å². The summed E-state index contributed by atoms with van der Waals surface area (Å²) in [5, 5.41) is 0. The van der Waals surface area contributed by atoms with Crippen LogP contribution >= 0.6 is 0 Å². The van der Waals surface area contributed by atoms with Crippen LogP contribution in [0.4, 0.5) is 4.39 Å². The topological polar surface area (TPSA) is 46.2 Å². The molecule has 0 amide bonds. The van der Waals surface area contributed by atoms with Crippen LogP contribution < -0.4 is 4.74 Å². The lowest BCUT2D eigenvalue weighted by molar-refractivity contribution is -0.242. The van der Waals surface area contributed by atoms with Gasteiger partial charge in [-0.25, -0.2) is 4.39 Å². The van der Waals surface area contributed by atoms with E-state index in [1.54, 1.807) is 7.11 Å². The Morgan fingerprint density at radius 2 is 1.24 bits per heavy atom. The molecule has 1 aliphatic carbocycles. The zero-order valence-corrected chi connectivity index (χ0v) is 29.5. The van der Waals surface area contributed by atoms with Gasteiger partial charge in [0.05, 0.1) is 45.7 Å². The van der Waals surface area contributed by atoms with E-state index < -0.39 is 6.10 Å². The molecule has 0 bridgehead atoms. The number of halogens is 1. The molecule has 6 heteroatoms. The summed E-state index contributed by atoms with van der Waals surface area (Å²) in [6.45, 7) is 3.90. The molecule has 0 spiro atoms. The minimum atomic E-state index is -0.437. The summed E-state index contributed by atoms with van der Waals surface area (Å²) in [5.74, 6) is 0.620. The highest BCUT2D eigenvalue weighted by molar-refractivity contribution is 5.47.